The molecule has 3 N–H and O–H groups in total. The van der Waals surface area contributed by atoms with E-state index in [-0.39, 0.29) is 17.9 Å². The van der Waals surface area contributed by atoms with E-state index >= 15 is 0 Å². The summed E-state index contributed by atoms with van der Waals surface area (Å²) in [6.45, 7) is 1.69. The number of amides is 1. The summed E-state index contributed by atoms with van der Waals surface area (Å²) >= 11 is 0. The first kappa shape index (κ1) is 10.9. The summed E-state index contributed by atoms with van der Waals surface area (Å²) in [6.07, 6.45) is 4.49. The number of likely N-dealkylation sites (tertiary alicyclic amines) is 1. The summed E-state index contributed by atoms with van der Waals surface area (Å²) < 4.78 is 0. The lowest BCUT2D eigenvalue weighted by Gasteiger charge is -2.26. The highest BCUT2D eigenvalue weighted by Gasteiger charge is 2.36. The van der Waals surface area contributed by atoms with Crippen LogP contribution in [-0.2, 0) is 4.79 Å². The molecule has 1 saturated heterocycles. The van der Waals surface area contributed by atoms with Gasteiger partial charge in [0.05, 0.1) is 12.1 Å². The van der Waals surface area contributed by atoms with Gasteiger partial charge in [0.2, 0.25) is 5.91 Å². The maximum Gasteiger partial charge on any atom is 0.239 e. The third-order valence-electron chi connectivity index (χ3n) is 3.70. The Labute approximate surface area is 90.4 Å². The number of aliphatic hydroxyl groups excluding tert-OH is 1. The van der Waals surface area contributed by atoms with Crippen LogP contribution in [-0.4, -0.2) is 41.1 Å². The number of hydrogen-bond donors (Lipinski definition) is 2. The topological polar surface area (TPSA) is 66.6 Å². The lowest BCUT2D eigenvalue weighted by Crippen LogP contribution is -2.48. The van der Waals surface area contributed by atoms with Gasteiger partial charge in [-0.15, -0.1) is 0 Å². The normalized spacial score (nSPS) is 33.3. The number of aliphatic hydroxyl groups is 1. The molecule has 4 heteroatoms. The van der Waals surface area contributed by atoms with Crippen LogP contribution in [0.15, 0.2) is 0 Å². The Kier molecular flexibility index (Phi) is 3.26. The van der Waals surface area contributed by atoms with E-state index in [0.717, 1.165) is 45.2 Å². The molecule has 1 aliphatic heterocycles. The molecule has 0 aromatic rings. The third kappa shape index (κ3) is 2.16. The fourth-order valence-electron chi connectivity index (χ4n) is 2.72. The van der Waals surface area contributed by atoms with Gasteiger partial charge in [0.25, 0.3) is 0 Å². The summed E-state index contributed by atoms with van der Waals surface area (Å²) in [4.78, 5) is 13.8. The molecule has 0 aromatic carbocycles. The van der Waals surface area contributed by atoms with E-state index in [0.29, 0.717) is 0 Å². The second-order valence-corrected chi connectivity index (χ2v) is 4.72. The molecule has 1 saturated carbocycles. The Morgan fingerprint density at radius 3 is 2.47 bits per heavy atom. The van der Waals surface area contributed by atoms with Gasteiger partial charge in [-0.25, -0.2) is 0 Å². The SMILES string of the molecule is N[C@H](C(=O)N1CCCC1)[C@@H]1CCC[C@H]1O. The van der Waals surface area contributed by atoms with Crippen LogP contribution in [0.4, 0.5) is 0 Å². The Morgan fingerprint density at radius 1 is 1.27 bits per heavy atom. The molecule has 2 aliphatic rings. The van der Waals surface area contributed by atoms with Crippen LogP contribution in [0.2, 0.25) is 0 Å². The summed E-state index contributed by atoms with van der Waals surface area (Å²) in [7, 11) is 0. The minimum atomic E-state index is -0.486. The lowest BCUT2D eigenvalue weighted by molar-refractivity contribution is -0.133. The number of carbonyl (C=O) groups is 1. The van der Waals surface area contributed by atoms with Crippen LogP contribution in [0.25, 0.3) is 0 Å². The minimum Gasteiger partial charge on any atom is -0.393 e. The fourth-order valence-corrected chi connectivity index (χ4v) is 2.72. The zero-order chi connectivity index (χ0) is 10.8. The third-order valence-corrected chi connectivity index (χ3v) is 3.70. The fraction of sp³-hybridized carbons (Fsp3) is 0.909. The summed E-state index contributed by atoms with van der Waals surface area (Å²) in [5, 5.41) is 9.70. The molecule has 1 heterocycles. The van der Waals surface area contributed by atoms with Crippen LogP contribution in [0.1, 0.15) is 32.1 Å². The number of nitrogens with two attached hydrogens (primary N) is 1. The van der Waals surface area contributed by atoms with Gasteiger partial charge in [-0.2, -0.15) is 0 Å². The van der Waals surface area contributed by atoms with Crippen molar-refractivity contribution in [1.29, 1.82) is 0 Å². The Hall–Kier alpha value is -0.610. The summed E-state index contributed by atoms with van der Waals surface area (Å²) in [6, 6.07) is -0.486. The van der Waals surface area contributed by atoms with E-state index < -0.39 is 6.04 Å². The number of carbonyl (C=O) groups excluding carboxylic acids is 1. The van der Waals surface area contributed by atoms with Gasteiger partial charge in [0.15, 0.2) is 0 Å². The van der Waals surface area contributed by atoms with Gasteiger partial charge < -0.3 is 15.7 Å². The van der Waals surface area contributed by atoms with Crippen molar-refractivity contribution in [2.75, 3.05) is 13.1 Å². The average molecular weight is 212 g/mol. The van der Waals surface area contributed by atoms with E-state index in [1.807, 2.05) is 4.90 Å². The smallest absolute Gasteiger partial charge is 0.239 e. The highest BCUT2D eigenvalue weighted by Crippen LogP contribution is 2.28. The minimum absolute atomic E-state index is 0.0156. The molecule has 0 bridgehead atoms. The van der Waals surface area contributed by atoms with Gasteiger partial charge in [-0.05, 0) is 25.7 Å². The molecule has 0 unspecified atom stereocenters. The molecule has 1 aliphatic carbocycles. The van der Waals surface area contributed by atoms with E-state index in [1.54, 1.807) is 0 Å². The first-order chi connectivity index (χ1) is 7.20. The first-order valence-corrected chi connectivity index (χ1v) is 5.92. The van der Waals surface area contributed by atoms with Crippen molar-refractivity contribution in [1.82, 2.24) is 4.90 Å². The van der Waals surface area contributed by atoms with E-state index in [1.165, 1.54) is 0 Å². The van der Waals surface area contributed by atoms with Crippen molar-refractivity contribution in [2.45, 2.75) is 44.2 Å². The predicted octanol–water partition coefficient (Wildman–Crippen LogP) is 0.0971. The molecule has 2 fully saturated rings. The molecule has 0 aromatic heterocycles. The highest BCUT2D eigenvalue weighted by atomic mass is 16.3. The number of rotatable bonds is 2. The molecule has 3 atom stereocenters. The second-order valence-electron chi connectivity index (χ2n) is 4.72. The Balaban J connectivity index is 1.94. The average Bonchev–Trinajstić information content (AvgIpc) is 2.85. The number of hydrogen-bond acceptors (Lipinski definition) is 3. The summed E-state index contributed by atoms with van der Waals surface area (Å²) in [5.41, 5.74) is 5.94. The zero-order valence-corrected chi connectivity index (χ0v) is 9.06. The van der Waals surface area contributed by atoms with Crippen molar-refractivity contribution in [3.05, 3.63) is 0 Å². The molecular formula is C11H20N2O2. The monoisotopic (exact) mass is 212 g/mol. The molecule has 0 spiro atoms. The van der Waals surface area contributed by atoms with Crippen molar-refractivity contribution in [3.63, 3.8) is 0 Å². The van der Waals surface area contributed by atoms with Crippen molar-refractivity contribution in [2.24, 2.45) is 11.7 Å². The quantitative estimate of drug-likeness (QED) is 0.682. The van der Waals surface area contributed by atoms with Crippen LogP contribution in [0, 0.1) is 5.92 Å². The van der Waals surface area contributed by atoms with Gasteiger partial charge in [-0.3, -0.25) is 4.79 Å². The van der Waals surface area contributed by atoms with Crippen molar-refractivity contribution >= 4 is 5.91 Å². The predicted molar refractivity (Wildman–Crippen MR) is 57.1 cm³/mol. The molecule has 1 amide bonds. The molecule has 4 nitrogen and oxygen atoms in total. The van der Waals surface area contributed by atoms with Crippen LogP contribution >= 0.6 is 0 Å². The largest absolute Gasteiger partial charge is 0.393 e. The standard InChI is InChI=1S/C11H20N2O2/c12-10(8-4-3-5-9(8)14)11(15)13-6-1-2-7-13/h8-10,14H,1-7,12H2/t8-,9-,10+/m1/s1. The second kappa shape index (κ2) is 4.49. The van der Waals surface area contributed by atoms with Crippen molar-refractivity contribution < 1.29 is 9.90 Å². The molecule has 2 rings (SSSR count). The maximum absolute atomic E-state index is 12.0. The Morgan fingerprint density at radius 2 is 1.93 bits per heavy atom. The zero-order valence-electron chi connectivity index (χ0n) is 9.06. The van der Waals surface area contributed by atoms with E-state index in [2.05, 4.69) is 0 Å². The van der Waals surface area contributed by atoms with Gasteiger partial charge in [0, 0.05) is 19.0 Å². The molecule has 86 valence electrons. The van der Waals surface area contributed by atoms with E-state index in [9.17, 15) is 9.90 Å². The van der Waals surface area contributed by atoms with Crippen molar-refractivity contribution in [3.8, 4) is 0 Å². The van der Waals surface area contributed by atoms with Gasteiger partial charge in [-0.1, -0.05) is 6.42 Å². The lowest BCUT2D eigenvalue weighted by atomic mass is 9.96. The summed E-state index contributed by atoms with van der Waals surface area (Å²) in [5.74, 6) is 0.0246. The van der Waals surface area contributed by atoms with Gasteiger partial charge >= 0.3 is 0 Å². The van der Waals surface area contributed by atoms with Gasteiger partial charge in [0.1, 0.15) is 0 Å². The van der Waals surface area contributed by atoms with Crippen LogP contribution < -0.4 is 5.73 Å². The van der Waals surface area contributed by atoms with Crippen LogP contribution in [0.5, 0.6) is 0 Å². The van der Waals surface area contributed by atoms with Crippen LogP contribution in [0.3, 0.4) is 0 Å². The maximum atomic E-state index is 12.0. The van der Waals surface area contributed by atoms with E-state index in [4.69, 9.17) is 5.73 Å². The molecule has 0 radical (unpaired) electrons. The first-order valence-electron chi connectivity index (χ1n) is 5.92. The molecule has 15 heavy (non-hydrogen) atoms. The molecular weight excluding hydrogens is 192 g/mol. The number of nitrogens with zero attached hydrogens (tertiary/aromatic N) is 1. The Bertz CT molecular complexity index is 239. The highest BCUT2D eigenvalue weighted by molar-refractivity contribution is 5.82.